The van der Waals surface area contributed by atoms with Crippen molar-refractivity contribution < 1.29 is 19.2 Å². The highest BCUT2D eigenvalue weighted by molar-refractivity contribution is 6.33. The summed E-state index contributed by atoms with van der Waals surface area (Å²) in [6, 6.07) is 9.55. The van der Waals surface area contributed by atoms with Crippen molar-refractivity contribution in [3.8, 4) is 0 Å². The Bertz CT molecular complexity index is 793. The summed E-state index contributed by atoms with van der Waals surface area (Å²) in [6.07, 6.45) is 0. The van der Waals surface area contributed by atoms with E-state index in [2.05, 4.69) is 5.32 Å². The minimum absolute atomic E-state index is 0.0541. The van der Waals surface area contributed by atoms with Crippen LogP contribution in [0.25, 0.3) is 0 Å². The van der Waals surface area contributed by atoms with Crippen molar-refractivity contribution in [1.29, 1.82) is 0 Å². The summed E-state index contributed by atoms with van der Waals surface area (Å²) in [4.78, 5) is 33.7. The third-order valence-electron chi connectivity index (χ3n) is 2.85. The smallest absolute Gasteiger partial charge is 0.338 e. The second-order valence-electron chi connectivity index (χ2n) is 4.55. The molecule has 2 aromatic carbocycles. The van der Waals surface area contributed by atoms with E-state index in [1.807, 2.05) is 0 Å². The Morgan fingerprint density at radius 1 is 1.12 bits per heavy atom. The molecule has 0 heterocycles. The lowest BCUT2D eigenvalue weighted by molar-refractivity contribution is -0.384. The van der Waals surface area contributed by atoms with Crippen LogP contribution in [0.4, 0.5) is 11.4 Å². The molecule has 1 amide bonds. The summed E-state index contributed by atoms with van der Waals surface area (Å²) in [5.41, 5.74) is 0.0619. The number of anilines is 1. The summed E-state index contributed by atoms with van der Waals surface area (Å²) in [5, 5.41) is 13.7. The van der Waals surface area contributed by atoms with Gasteiger partial charge in [-0.05, 0) is 30.3 Å². The summed E-state index contributed by atoms with van der Waals surface area (Å²) in [5.74, 6) is -1.38. The van der Waals surface area contributed by atoms with Gasteiger partial charge in [-0.25, -0.2) is 4.79 Å². The van der Waals surface area contributed by atoms with Crippen LogP contribution >= 0.6 is 23.2 Å². The average molecular weight is 369 g/mol. The number of halogens is 2. The molecular formula is C15H10Cl2N2O5. The maximum absolute atomic E-state index is 11.8. The number of carbonyl (C=O) groups excluding carboxylic acids is 2. The lowest BCUT2D eigenvalue weighted by Crippen LogP contribution is -2.21. The van der Waals surface area contributed by atoms with E-state index < -0.39 is 23.4 Å². The van der Waals surface area contributed by atoms with Crippen LogP contribution in [-0.4, -0.2) is 23.4 Å². The Kier molecular flexibility index (Phi) is 5.73. The minimum atomic E-state index is -0.702. The summed E-state index contributed by atoms with van der Waals surface area (Å²) in [6.45, 7) is -0.569. The van der Waals surface area contributed by atoms with Crippen molar-refractivity contribution >= 4 is 46.5 Å². The minimum Gasteiger partial charge on any atom is -0.452 e. The molecular weight excluding hydrogens is 359 g/mol. The van der Waals surface area contributed by atoms with Crippen LogP contribution in [-0.2, 0) is 9.53 Å². The van der Waals surface area contributed by atoms with Gasteiger partial charge >= 0.3 is 5.97 Å². The zero-order valence-corrected chi connectivity index (χ0v) is 13.5. The second kappa shape index (κ2) is 7.76. The van der Waals surface area contributed by atoms with Gasteiger partial charge in [0.2, 0.25) is 0 Å². The van der Waals surface area contributed by atoms with Crippen LogP contribution in [0.3, 0.4) is 0 Å². The molecule has 0 unspecified atom stereocenters. The Labute approximate surface area is 146 Å². The van der Waals surface area contributed by atoms with E-state index in [9.17, 15) is 19.7 Å². The molecule has 0 fully saturated rings. The fraction of sp³-hybridized carbons (Fsp3) is 0.0667. The number of hydrogen-bond donors (Lipinski definition) is 1. The van der Waals surface area contributed by atoms with Crippen LogP contribution in [0.15, 0.2) is 42.5 Å². The monoisotopic (exact) mass is 368 g/mol. The molecule has 124 valence electrons. The van der Waals surface area contributed by atoms with Gasteiger partial charge in [-0.2, -0.15) is 0 Å². The van der Waals surface area contributed by atoms with Crippen molar-refractivity contribution in [2.24, 2.45) is 0 Å². The zero-order chi connectivity index (χ0) is 17.7. The standard InChI is InChI=1S/C15H10Cl2N2O5/c16-10-3-1-9(2-4-10)15(21)24-8-14(20)18-13-7-11(19(22)23)5-6-12(13)17/h1-7H,8H2,(H,18,20). The van der Waals surface area contributed by atoms with Crippen LogP contribution in [0.1, 0.15) is 10.4 Å². The maximum Gasteiger partial charge on any atom is 0.338 e. The Hall–Kier alpha value is -2.64. The maximum atomic E-state index is 11.8. The normalized spacial score (nSPS) is 10.1. The number of non-ortho nitro benzene ring substituents is 1. The van der Waals surface area contributed by atoms with Crippen molar-refractivity contribution in [1.82, 2.24) is 0 Å². The second-order valence-corrected chi connectivity index (χ2v) is 5.40. The van der Waals surface area contributed by atoms with Crippen LogP contribution in [0.2, 0.25) is 10.0 Å². The molecule has 0 saturated heterocycles. The number of carbonyl (C=O) groups is 2. The quantitative estimate of drug-likeness (QED) is 0.492. The van der Waals surface area contributed by atoms with Crippen LogP contribution in [0.5, 0.6) is 0 Å². The number of nitro groups is 1. The predicted molar refractivity (Wildman–Crippen MR) is 88.5 cm³/mol. The molecule has 0 saturated carbocycles. The molecule has 7 nitrogen and oxygen atoms in total. The van der Waals surface area contributed by atoms with Gasteiger partial charge in [0.05, 0.1) is 21.2 Å². The fourth-order valence-corrected chi connectivity index (χ4v) is 2.00. The molecule has 0 radical (unpaired) electrons. The summed E-state index contributed by atoms with van der Waals surface area (Å²) in [7, 11) is 0. The third-order valence-corrected chi connectivity index (χ3v) is 3.43. The van der Waals surface area contributed by atoms with Crippen molar-refractivity contribution in [3.05, 3.63) is 68.2 Å². The van der Waals surface area contributed by atoms with Crippen molar-refractivity contribution in [2.45, 2.75) is 0 Å². The largest absolute Gasteiger partial charge is 0.452 e. The highest BCUT2D eigenvalue weighted by atomic mass is 35.5. The fourth-order valence-electron chi connectivity index (χ4n) is 1.71. The molecule has 9 heteroatoms. The van der Waals surface area contributed by atoms with Crippen molar-refractivity contribution in [3.63, 3.8) is 0 Å². The molecule has 2 aromatic rings. The van der Waals surface area contributed by atoms with Crippen molar-refractivity contribution in [2.75, 3.05) is 11.9 Å². The van der Waals surface area contributed by atoms with Crippen LogP contribution in [0, 0.1) is 10.1 Å². The Morgan fingerprint density at radius 2 is 1.79 bits per heavy atom. The van der Waals surface area contributed by atoms with E-state index in [0.717, 1.165) is 6.07 Å². The molecule has 0 bridgehead atoms. The van der Waals surface area contributed by atoms with E-state index in [-0.39, 0.29) is 22.0 Å². The molecule has 0 aliphatic carbocycles. The summed E-state index contributed by atoms with van der Waals surface area (Å²) < 4.78 is 4.85. The topological polar surface area (TPSA) is 98.5 Å². The SMILES string of the molecule is O=C(COC(=O)c1ccc(Cl)cc1)Nc1cc([N+](=O)[O-])ccc1Cl. The van der Waals surface area contributed by atoms with Crippen LogP contribution < -0.4 is 5.32 Å². The molecule has 1 N–H and O–H groups in total. The highest BCUT2D eigenvalue weighted by Crippen LogP contribution is 2.26. The first kappa shape index (κ1) is 17.7. The first-order valence-electron chi connectivity index (χ1n) is 6.53. The molecule has 0 aliphatic heterocycles. The van der Waals surface area contributed by atoms with E-state index in [0.29, 0.717) is 5.02 Å². The summed E-state index contributed by atoms with van der Waals surface area (Å²) >= 11 is 11.6. The molecule has 0 spiro atoms. The molecule has 0 aromatic heterocycles. The first-order chi connectivity index (χ1) is 11.4. The first-order valence-corrected chi connectivity index (χ1v) is 7.29. The van der Waals surface area contributed by atoms with E-state index in [1.165, 1.54) is 36.4 Å². The van der Waals surface area contributed by atoms with Gasteiger partial charge in [0.1, 0.15) is 0 Å². The van der Waals surface area contributed by atoms with Gasteiger partial charge in [0, 0.05) is 17.2 Å². The number of esters is 1. The zero-order valence-electron chi connectivity index (χ0n) is 12.0. The van der Waals surface area contributed by atoms with E-state index >= 15 is 0 Å². The number of rotatable bonds is 5. The van der Waals surface area contributed by atoms with Gasteiger partial charge in [-0.1, -0.05) is 23.2 Å². The lowest BCUT2D eigenvalue weighted by Gasteiger charge is -2.08. The van der Waals surface area contributed by atoms with E-state index in [4.69, 9.17) is 27.9 Å². The van der Waals surface area contributed by atoms with Gasteiger partial charge in [-0.15, -0.1) is 0 Å². The molecule has 0 aliphatic rings. The van der Waals surface area contributed by atoms with Gasteiger partial charge < -0.3 is 10.1 Å². The number of nitrogens with zero attached hydrogens (tertiary/aromatic N) is 1. The number of nitrogens with one attached hydrogen (secondary N) is 1. The Balaban J connectivity index is 1.96. The predicted octanol–water partition coefficient (Wildman–Crippen LogP) is 3.70. The molecule has 0 atom stereocenters. The number of benzene rings is 2. The van der Waals surface area contributed by atoms with E-state index in [1.54, 1.807) is 0 Å². The van der Waals surface area contributed by atoms with Gasteiger partial charge in [-0.3, -0.25) is 14.9 Å². The highest BCUT2D eigenvalue weighted by Gasteiger charge is 2.14. The number of ether oxygens (including phenoxy) is 1. The number of nitro benzene ring substituents is 1. The van der Waals surface area contributed by atoms with Gasteiger partial charge in [0.15, 0.2) is 6.61 Å². The number of hydrogen-bond acceptors (Lipinski definition) is 5. The lowest BCUT2D eigenvalue weighted by atomic mass is 10.2. The third kappa shape index (κ3) is 4.68. The molecule has 2 rings (SSSR count). The molecule has 24 heavy (non-hydrogen) atoms. The number of amides is 1. The van der Waals surface area contributed by atoms with Gasteiger partial charge in [0.25, 0.3) is 11.6 Å². The average Bonchev–Trinajstić information content (AvgIpc) is 2.55. The Morgan fingerprint density at radius 3 is 2.42 bits per heavy atom.